The van der Waals surface area contributed by atoms with Crippen LogP contribution in [0, 0.1) is 0 Å². The second-order valence-corrected chi connectivity index (χ2v) is 6.94. The van der Waals surface area contributed by atoms with Crippen LogP contribution >= 0.6 is 0 Å². The Morgan fingerprint density at radius 2 is 1.85 bits per heavy atom. The first-order valence-electron chi connectivity index (χ1n) is 9.31. The molecule has 6 heteroatoms. The van der Waals surface area contributed by atoms with Crippen molar-refractivity contribution in [3.63, 3.8) is 0 Å². The molecule has 1 aromatic heterocycles. The Bertz CT molecular complexity index is 907. The van der Waals surface area contributed by atoms with Crippen LogP contribution in [0.25, 0.3) is 0 Å². The largest absolute Gasteiger partial charge is 0.352 e. The van der Waals surface area contributed by atoms with Crippen LogP contribution in [0.4, 0.5) is 11.9 Å². The number of rotatable bonds is 5. The van der Waals surface area contributed by atoms with E-state index in [0.29, 0.717) is 24.7 Å². The van der Waals surface area contributed by atoms with Crippen molar-refractivity contribution in [3.05, 3.63) is 71.8 Å². The van der Waals surface area contributed by atoms with Crippen LogP contribution in [-0.2, 0) is 11.2 Å². The number of hydrogen-bond acceptors (Lipinski definition) is 4. The van der Waals surface area contributed by atoms with Gasteiger partial charge in [-0.15, -0.1) is 5.10 Å². The quantitative estimate of drug-likeness (QED) is 0.728. The fourth-order valence-corrected chi connectivity index (χ4v) is 3.45. The summed E-state index contributed by atoms with van der Waals surface area (Å²) in [6.07, 6.45) is 2.02. The first kappa shape index (κ1) is 17.3. The summed E-state index contributed by atoms with van der Waals surface area (Å²) in [6, 6.07) is 20.7. The van der Waals surface area contributed by atoms with E-state index in [1.165, 1.54) is 5.56 Å². The Kier molecular flexibility index (Phi) is 4.87. The first-order valence-corrected chi connectivity index (χ1v) is 9.31. The van der Waals surface area contributed by atoms with Crippen molar-refractivity contribution in [3.8, 4) is 0 Å². The lowest BCUT2D eigenvalue weighted by Gasteiger charge is -2.29. The van der Waals surface area contributed by atoms with E-state index in [1.54, 1.807) is 0 Å². The van der Waals surface area contributed by atoms with E-state index in [4.69, 9.17) is 0 Å². The zero-order valence-corrected chi connectivity index (χ0v) is 15.3. The van der Waals surface area contributed by atoms with Crippen molar-refractivity contribution < 1.29 is 4.79 Å². The number of fused-ring (bicyclic) bond motifs is 1. The van der Waals surface area contributed by atoms with E-state index in [-0.39, 0.29) is 18.0 Å². The Balaban J connectivity index is 1.47. The van der Waals surface area contributed by atoms with Crippen molar-refractivity contribution in [1.82, 2.24) is 14.8 Å². The van der Waals surface area contributed by atoms with Crippen molar-refractivity contribution >= 4 is 17.8 Å². The molecule has 0 bridgehead atoms. The van der Waals surface area contributed by atoms with Gasteiger partial charge in [0.25, 0.3) is 5.95 Å². The number of benzene rings is 2. The lowest BCUT2D eigenvalue weighted by molar-refractivity contribution is -0.116. The van der Waals surface area contributed by atoms with E-state index in [1.807, 2.05) is 53.2 Å². The van der Waals surface area contributed by atoms with Gasteiger partial charge in [0.1, 0.15) is 0 Å². The molecule has 1 aliphatic rings. The SMILES string of the molecule is C[C@H]1C[C@@H](c2ccccc2)n2nc(NC(=O)CCc3ccccc3)nc2N1. The number of carbonyl (C=O) groups excluding carboxylic acids is 1. The maximum Gasteiger partial charge on any atom is 0.250 e. The topological polar surface area (TPSA) is 71.8 Å². The molecule has 2 N–H and O–H groups in total. The summed E-state index contributed by atoms with van der Waals surface area (Å²) in [7, 11) is 0. The zero-order chi connectivity index (χ0) is 18.6. The minimum absolute atomic E-state index is 0.0777. The van der Waals surface area contributed by atoms with Gasteiger partial charge in [-0.2, -0.15) is 4.98 Å². The molecule has 2 aromatic carbocycles. The summed E-state index contributed by atoms with van der Waals surface area (Å²) in [4.78, 5) is 16.8. The number of carbonyl (C=O) groups is 1. The van der Waals surface area contributed by atoms with Gasteiger partial charge in [0.2, 0.25) is 11.9 Å². The average Bonchev–Trinajstić information content (AvgIpc) is 3.09. The van der Waals surface area contributed by atoms with Crippen LogP contribution in [-0.4, -0.2) is 26.7 Å². The highest BCUT2D eigenvalue weighted by molar-refractivity contribution is 5.89. The Hall–Kier alpha value is -3.15. The van der Waals surface area contributed by atoms with Crippen LogP contribution in [0.15, 0.2) is 60.7 Å². The van der Waals surface area contributed by atoms with Gasteiger partial charge in [0, 0.05) is 12.5 Å². The molecule has 1 amide bonds. The smallest absolute Gasteiger partial charge is 0.250 e. The summed E-state index contributed by atoms with van der Waals surface area (Å²) < 4.78 is 1.88. The molecule has 2 heterocycles. The summed E-state index contributed by atoms with van der Waals surface area (Å²) in [5.41, 5.74) is 2.34. The van der Waals surface area contributed by atoms with Gasteiger partial charge in [-0.3, -0.25) is 10.1 Å². The van der Waals surface area contributed by atoms with Crippen LogP contribution in [0.5, 0.6) is 0 Å². The molecule has 27 heavy (non-hydrogen) atoms. The van der Waals surface area contributed by atoms with Crippen molar-refractivity contribution in [2.24, 2.45) is 0 Å². The van der Waals surface area contributed by atoms with E-state index in [9.17, 15) is 4.79 Å². The normalized spacial score (nSPS) is 18.4. The Morgan fingerprint density at radius 3 is 2.59 bits per heavy atom. The number of anilines is 2. The fourth-order valence-electron chi connectivity index (χ4n) is 3.45. The van der Waals surface area contributed by atoms with Gasteiger partial charge in [-0.25, -0.2) is 4.68 Å². The third-order valence-electron chi connectivity index (χ3n) is 4.80. The standard InChI is InChI=1S/C21H23N5O/c1-15-14-18(17-10-6-3-7-11-17)26-21(22-15)24-20(25-26)23-19(27)13-12-16-8-4-2-5-9-16/h2-11,15,18H,12-14H2,1H3,(H2,22,23,24,25,27)/t15-,18-/m0/s1. The molecule has 0 spiro atoms. The fraction of sp³-hybridized carbons (Fsp3) is 0.286. The van der Waals surface area contributed by atoms with E-state index in [0.717, 1.165) is 12.0 Å². The summed E-state index contributed by atoms with van der Waals surface area (Å²) in [5.74, 6) is 0.970. The van der Waals surface area contributed by atoms with Crippen LogP contribution < -0.4 is 10.6 Å². The van der Waals surface area contributed by atoms with E-state index < -0.39 is 0 Å². The summed E-state index contributed by atoms with van der Waals surface area (Å²) in [5, 5.41) is 10.7. The molecule has 0 fully saturated rings. The van der Waals surface area contributed by atoms with Gasteiger partial charge in [-0.1, -0.05) is 60.7 Å². The molecule has 138 valence electrons. The molecule has 0 radical (unpaired) electrons. The molecular formula is C21H23N5O. The molecule has 3 aromatic rings. The van der Waals surface area contributed by atoms with Gasteiger partial charge in [0.15, 0.2) is 0 Å². The molecule has 0 saturated heterocycles. The molecule has 0 aliphatic carbocycles. The van der Waals surface area contributed by atoms with Gasteiger partial charge in [-0.05, 0) is 30.9 Å². The number of hydrogen-bond donors (Lipinski definition) is 2. The van der Waals surface area contributed by atoms with Crippen LogP contribution in [0.3, 0.4) is 0 Å². The zero-order valence-electron chi connectivity index (χ0n) is 15.3. The molecule has 0 unspecified atom stereocenters. The van der Waals surface area contributed by atoms with Gasteiger partial charge in [0.05, 0.1) is 6.04 Å². The second-order valence-electron chi connectivity index (χ2n) is 6.94. The minimum atomic E-state index is -0.0777. The number of amides is 1. The number of aromatic nitrogens is 3. The molecule has 6 nitrogen and oxygen atoms in total. The lowest BCUT2D eigenvalue weighted by atomic mass is 9.99. The Labute approximate surface area is 158 Å². The molecule has 0 saturated carbocycles. The van der Waals surface area contributed by atoms with E-state index >= 15 is 0 Å². The summed E-state index contributed by atoms with van der Waals surface area (Å²) >= 11 is 0. The third kappa shape index (κ3) is 4.00. The molecule has 2 atom stereocenters. The molecular weight excluding hydrogens is 338 g/mol. The lowest BCUT2D eigenvalue weighted by Crippen LogP contribution is -2.31. The Morgan fingerprint density at radius 1 is 1.15 bits per heavy atom. The highest BCUT2D eigenvalue weighted by Gasteiger charge is 2.28. The second kappa shape index (κ2) is 7.61. The van der Waals surface area contributed by atoms with Crippen molar-refractivity contribution in [2.75, 3.05) is 10.6 Å². The highest BCUT2D eigenvalue weighted by atomic mass is 16.1. The minimum Gasteiger partial charge on any atom is -0.352 e. The third-order valence-corrected chi connectivity index (χ3v) is 4.80. The predicted octanol–water partition coefficient (Wildman–Crippen LogP) is 3.64. The first-order chi connectivity index (χ1) is 13.2. The van der Waals surface area contributed by atoms with Gasteiger partial charge >= 0.3 is 0 Å². The maximum atomic E-state index is 12.3. The molecule has 1 aliphatic heterocycles. The van der Waals surface area contributed by atoms with Crippen molar-refractivity contribution in [1.29, 1.82) is 0 Å². The number of nitrogens with zero attached hydrogens (tertiary/aromatic N) is 3. The van der Waals surface area contributed by atoms with E-state index in [2.05, 4.69) is 39.8 Å². The van der Waals surface area contributed by atoms with Crippen molar-refractivity contribution in [2.45, 2.75) is 38.3 Å². The summed E-state index contributed by atoms with van der Waals surface area (Å²) in [6.45, 7) is 2.13. The highest BCUT2D eigenvalue weighted by Crippen LogP contribution is 2.31. The van der Waals surface area contributed by atoms with Gasteiger partial charge < -0.3 is 5.32 Å². The molecule has 4 rings (SSSR count). The predicted molar refractivity (Wildman–Crippen MR) is 106 cm³/mol. The maximum absolute atomic E-state index is 12.3. The number of aryl methyl sites for hydroxylation is 1. The number of nitrogens with one attached hydrogen (secondary N) is 2. The monoisotopic (exact) mass is 361 g/mol. The average molecular weight is 361 g/mol. The van der Waals surface area contributed by atoms with Crippen LogP contribution in [0.1, 0.15) is 36.9 Å². The van der Waals surface area contributed by atoms with Crippen LogP contribution in [0.2, 0.25) is 0 Å².